The van der Waals surface area contributed by atoms with Gasteiger partial charge in [-0.2, -0.15) is 0 Å². The summed E-state index contributed by atoms with van der Waals surface area (Å²) in [7, 11) is 1.96. The van der Waals surface area contributed by atoms with Gasteiger partial charge in [-0.25, -0.2) is 4.98 Å². The number of pyridine rings is 1. The lowest BCUT2D eigenvalue weighted by atomic mass is 10.3. The van der Waals surface area contributed by atoms with Crippen molar-refractivity contribution in [3.63, 3.8) is 0 Å². The third-order valence-electron chi connectivity index (χ3n) is 2.42. The Morgan fingerprint density at radius 2 is 2.19 bits per heavy atom. The Hall–Kier alpha value is -1.97. The molecule has 0 aliphatic rings. The van der Waals surface area contributed by atoms with E-state index in [0.29, 0.717) is 12.4 Å². The first-order chi connectivity index (χ1) is 7.66. The summed E-state index contributed by atoms with van der Waals surface area (Å²) in [6, 6.07) is 7.74. The Bertz CT molecular complexity index is 479. The van der Waals surface area contributed by atoms with Crippen molar-refractivity contribution in [1.82, 2.24) is 4.98 Å². The topological polar surface area (TPSA) is 55.3 Å². The highest BCUT2D eigenvalue weighted by molar-refractivity contribution is 5.62. The quantitative estimate of drug-likeness (QED) is 0.856. The molecule has 0 saturated carbocycles. The Morgan fingerprint density at radius 1 is 1.38 bits per heavy atom. The first-order valence-electron chi connectivity index (χ1n) is 5.14. The van der Waals surface area contributed by atoms with Gasteiger partial charge in [-0.05, 0) is 31.2 Å². The number of nitrogens with zero attached hydrogens (tertiary/aromatic N) is 2. The zero-order chi connectivity index (χ0) is 11.5. The molecule has 2 rings (SSSR count). The van der Waals surface area contributed by atoms with E-state index in [1.165, 1.54) is 0 Å². The highest BCUT2D eigenvalue weighted by Crippen LogP contribution is 2.21. The minimum Gasteiger partial charge on any atom is -0.464 e. The average molecular weight is 217 g/mol. The van der Waals surface area contributed by atoms with Crippen molar-refractivity contribution in [2.45, 2.75) is 13.5 Å². The smallest absolute Gasteiger partial charge is 0.146 e. The van der Waals surface area contributed by atoms with Gasteiger partial charge >= 0.3 is 0 Å². The highest BCUT2D eigenvalue weighted by atomic mass is 16.3. The van der Waals surface area contributed by atoms with Crippen molar-refractivity contribution in [3.05, 3.63) is 42.0 Å². The summed E-state index contributed by atoms with van der Waals surface area (Å²) in [6.07, 6.45) is 1.68. The molecule has 2 aromatic heterocycles. The van der Waals surface area contributed by atoms with E-state index in [0.717, 1.165) is 17.2 Å². The van der Waals surface area contributed by atoms with Crippen molar-refractivity contribution in [2.75, 3.05) is 17.7 Å². The molecule has 0 aliphatic carbocycles. The van der Waals surface area contributed by atoms with Crippen LogP contribution in [0.4, 0.5) is 11.5 Å². The highest BCUT2D eigenvalue weighted by Gasteiger charge is 2.08. The second-order valence-electron chi connectivity index (χ2n) is 3.78. The fourth-order valence-electron chi connectivity index (χ4n) is 1.62. The molecule has 4 heteroatoms. The SMILES string of the molecule is Cc1ccc(CN(C)c2cccnc2N)o1. The van der Waals surface area contributed by atoms with E-state index in [1.807, 2.05) is 43.1 Å². The molecule has 2 N–H and O–H groups in total. The van der Waals surface area contributed by atoms with Crippen LogP contribution in [0.25, 0.3) is 0 Å². The lowest BCUT2D eigenvalue weighted by Gasteiger charge is -2.18. The van der Waals surface area contributed by atoms with Crippen LogP contribution < -0.4 is 10.6 Å². The Kier molecular flexibility index (Phi) is 2.81. The van der Waals surface area contributed by atoms with Gasteiger partial charge in [-0.3, -0.25) is 0 Å². The predicted octanol–water partition coefficient (Wildman–Crippen LogP) is 2.20. The van der Waals surface area contributed by atoms with Crippen LogP contribution in [0.3, 0.4) is 0 Å². The minimum atomic E-state index is 0.535. The van der Waals surface area contributed by atoms with Crippen LogP contribution in [-0.4, -0.2) is 12.0 Å². The molecule has 0 bridgehead atoms. The van der Waals surface area contributed by atoms with E-state index in [1.54, 1.807) is 6.20 Å². The number of hydrogen-bond donors (Lipinski definition) is 1. The summed E-state index contributed by atoms with van der Waals surface area (Å²) in [6.45, 7) is 2.62. The molecule has 0 spiro atoms. The number of hydrogen-bond acceptors (Lipinski definition) is 4. The van der Waals surface area contributed by atoms with Crippen LogP contribution in [0.15, 0.2) is 34.9 Å². The molecular formula is C12H15N3O. The van der Waals surface area contributed by atoms with Gasteiger partial charge in [-0.1, -0.05) is 0 Å². The van der Waals surface area contributed by atoms with Gasteiger partial charge in [-0.15, -0.1) is 0 Å². The summed E-state index contributed by atoms with van der Waals surface area (Å²) in [5.41, 5.74) is 6.71. The Labute approximate surface area is 94.7 Å². The fraction of sp³-hybridized carbons (Fsp3) is 0.250. The molecule has 2 heterocycles. The van der Waals surface area contributed by atoms with Gasteiger partial charge in [0, 0.05) is 13.2 Å². The van der Waals surface area contributed by atoms with Crippen molar-refractivity contribution < 1.29 is 4.42 Å². The Balaban J connectivity index is 2.14. The van der Waals surface area contributed by atoms with Crippen LogP contribution in [0.2, 0.25) is 0 Å². The van der Waals surface area contributed by atoms with E-state index < -0.39 is 0 Å². The molecule has 0 radical (unpaired) electrons. The molecule has 0 aromatic carbocycles. The van der Waals surface area contributed by atoms with Gasteiger partial charge in [0.25, 0.3) is 0 Å². The molecule has 2 aromatic rings. The van der Waals surface area contributed by atoms with E-state index >= 15 is 0 Å². The van der Waals surface area contributed by atoms with Crippen molar-refractivity contribution in [2.24, 2.45) is 0 Å². The molecular weight excluding hydrogens is 202 g/mol. The summed E-state index contributed by atoms with van der Waals surface area (Å²) in [5, 5.41) is 0. The van der Waals surface area contributed by atoms with E-state index in [-0.39, 0.29) is 0 Å². The van der Waals surface area contributed by atoms with Crippen molar-refractivity contribution in [1.29, 1.82) is 0 Å². The second-order valence-corrected chi connectivity index (χ2v) is 3.78. The van der Waals surface area contributed by atoms with Crippen LogP contribution in [0.5, 0.6) is 0 Å². The molecule has 0 amide bonds. The summed E-state index contributed by atoms with van der Waals surface area (Å²) >= 11 is 0. The van der Waals surface area contributed by atoms with Crippen LogP contribution in [0, 0.1) is 6.92 Å². The standard InChI is InChI=1S/C12H15N3O/c1-9-5-6-10(16-9)8-15(2)11-4-3-7-14-12(11)13/h3-7H,8H2,1-2H3,(H2,13,14). The molecule has 4 nitrogen and oxygen atoms in total. The van der Waals surface area contributed by atoms with Crippen molar-refractivity contribution >= 4 is 11.5 Å². The third kappa shape index (κ3) is 2.16. The van der Waals surface area contributed by atoms with Gasteiger partial charge in [0.15, 0.2) is 0 Å². The maximum Gasteiger partial charge on any atom is 0.146 e. The summed E-state index contributed by atoms with van der Waals surface area (Å²) in [5.74, 6) is 2.37. The maximum absolute atomic E-state index is 5.80. The van der Waals surface area contributed by atoms with Crippen LogP contribution in [-0.2, 0) is 6.54 Å². The number of anilines is 2. The first-order valence-corrected chi connectivity index (χ1v) is 5.14. The van der Waals surface area contributed by atoms with Crippen molar-refractivity contribution in [3.8, 4) is 0 Å². The summed E-state index contributed by atoms with van der Waals surface area (Å²) in [4.78, 5) is 6.07. The normalized spacial score (nSPS) is 10.4. The second kappa shape index (κ2) is 4.26. The number of nitrogen functional groups attached to an aromatic ring is 1. The van der Waals surface area contributed by atoms with Crippen LogP contribution in [0.1, 0.15) is 11.5 Å². The predicted molar refractivity (Wildman–Crippen MR) is 64.2 cm³/mol. The lowest BCUT2D eigenvalue weighted by Crippen LogP contribution is -2.17. The average Bonchev–Trinajstić information content (AvgIpc) is 2.64. The Morgan fingerprint density at radius 3 is 2.81 bits per heavy atom. The molecule has 0 fully saturated rings. The number of furan rings is 1. The maximum atomic E-state index is 5.80. The molecule has 0 aliphatic heterocycles. The largest absolute Gasteiger partial charge is 0.464 e. The monoisotopic (exact) mass is 217 g/mol. The lowest BCUT2D eigenvalue weighted by molar-refractivity contribution is 0.482. The van der Waals surface area contributed by atoms with Gasteiger partial charge in [0.2, 0.25) is 0 Å². The third-order valence-corrected chi connectivity index (χ3v) is 2.42. The first kappa shape index (κ1) is 10.5. The zero-order valence-electron chi connectivity index (χ0n) is 9.47. The van der Waals surface area contributed by atoms with Gasteiger partial charge in [0.05, 0.1) is 12.2 Å². The zero-order valence-corrected chi connectivity index (χ0v) is 9.47. The number of nitrogens with two attached hydrogens (primary N) is 1. The fourth-order valence-corrected chi connectivity index (χ4v) is 1.62. The molecule has 84 valence electrons. The van der Waals surface area contributed by atoms with Gasteiger partial charge < -0.3 is 15.1 Å². The number of aromatic nitrogens is 1. The van der Waals surface area contributed by atoms with E-state index in [4.69, 9.17) is 10.2 Å². The van der Waals surface area contributed by atoms with Gasteiger partial charge in [0.1, 0.15) is 17.3 Å². The van der Waals surface area contributed by atoms with Crippen LogP contribution >= 0.6 is 0 Å². The molecule has 0 saturated heterocycles. The molecule has 0 atom stereocenters. The van der Waals surface area contributed by atoms with E-state index in [2.05, 4.69) is 4.98 Å². The van der Waals surface area contributed by atoms with E-state index in [9.17, 15) is 0 Å². The molecule has 16 heavy (non-hydrogen) atoms. The molecule has 0 unspecified atom stereocenters. The number of rotatable bonds is 3. The number of aryl methyl sites for hydroxylation is 1. The minimum absolute atomic E-state index is 0.535. The summed E-state index contributed by atoms with van der Waals surface area (Å²) < 4.78 is 5.51.